The number of para-hydroxylation sites is 2. The average Bonchev–Trinajstić information content (AvgIpc) is 2.58. The second-order valence-electron chi connectivity index (χ2n) is 7.16. The van der Waals surface area contributed by atoms with Gasteiger partial charge in [-0.3, -0.25) is 0 Å². The fraction of sp³-hybridized carbons (Fsp3) is 0.300. The molecular formula is C20H21N3O. The highest BCUT2D eigenvalue weighted by Crippen LogP contribution is 2.46. The van der Waals surface area contributed by atoms with Crippen LogP contribution in [-0.2, 0) is 11.8 Å². The number of nitrogens with one attached hydrogen (secondary N) is 1. The van der Waals surface area contributed by atoms with Crippen molar-refractivity contribution >= 4 is 22.4 Å². The number of hydrogen-bond donors (Lipinski definition) is 1. The smallest absolute Gasteiger partial charge is 0.173 e. The van der Waals surface area contributed by atoms with Crippen molar-refractivity contribution in [3.63, 3.8) is 0 Å². The number of pyridine rings is 2. The molecule has 1 aliphatic rings. The van der Waals surface area contributed by atoms with Crippen molar-refractivity contribution in [1.29, 1.82) is 0 Å². The fourth-order valence-corrected chi connectivity index (χ4v) is 2.97. The van der Waals surface area contributed by atoms with E-state index >= 15 is 0 Å². The van der Waals surface area contributed by atoms with E-state index < -0.39 is 0 Å². The number of aryl methyl sites for hydroxylation is 1. The van der Waals surface area contributed by atoms with E-state index in [-0.39, 0.29) is 5.41 Å². The number of benzene rings is 1. The van der Waals surface area contributed by atoms with Crippen LogP contribution >= 0.6 is 0 Å². The molecule has 1 aliphatic heterocycles. The fourth-order valence-electron chi connectivity index (χ4n) is 2.97. The molecule has 0 saturated heterocycles. The minimum Gasteiger partial charge on any atom is -0.451 e. The summed E-state index contributed by atoms with van der Waals surface area (Å²) in [5.41, 5.74) is 4.67. The molecule has 24 heavy (non-hydrogen) atoms. The predicted molar refractivity (Wildman–Crippen MR) is 97.4 cm³/mol. The molecule has 1 N–H and O–H groups in total. The number of nitrogens with zero attached hydrogens (tertiary/aromatic N) is 2. The molecule has 122 valence electrons. The van der Waals surface area contributed by atoms with Gasteiger partial charge in [-0.05, 0) is 30.7 Å². The van der Waals surface area contributed by atoms with Crippen molar-refractivity contribution in [2.75, 3.05) is 5.32 Å². The molecule has 0 amide bonds. The van der Waals surface area contributed by atoms with E-state index in [1.807, 2.05) is 24.3 Å². The Morgan fingerprint density at radius 3 is 2.58 bits per heavy atom. The Morgan fingerprint density at radius 2 is 1.83 bits per heavy atom. The molecule has 0 bridgehead atoms. The Balaban J connectivity index is 1.95. The highest BCUT2D eigenvalue weighted by Gasteiger charge is 2.24. The lowest BCUT2D eigenvalue weighted by atomic mass is 9.91. The monoisotopic (exact) mass is 319 g/mol. The SMILES string of the molecule is CCc1nc2nc(C(C)(C)C)ccc2c2c1Oc1ccccc1N2. The number of hydrogen-bond acceptors (Lipinski definition) is 4. The number of aromatic nitrogens is 2. The quantitative estimate of drug-likeness (QED) is 0.514. The molecule has 3 heterocycles. The molecule has 1 aromatic carbocycles. The number of ether oxygens (including phenoxy) is 1. The molecule has 0 aliphatic carbocycles. The lowest BCUT2D eigenvalue weighted by Crippen LogP contribution is -2.14. The summed E-state index contributed by atoms with van der Waals surface area (Å²) < 4.78 is 6.15. The van der Waals surface area contributed by atoms with Crippen LogP contribution in [0.25, 0.3) is 11.0 Å². The first-order valence-electron chi connectivity index (χ1n) is 8.35. The van der Waals surface area contributed by atoms with Crippen LogP contribution in [0, 0.1) is 0 Å². The zero-order chi connectivity index (χ0) is 16.9. The van der Waals surface area contributed by atoms with Gasteiger partial charge in [0.2, 0.25) is 0 Å². The highest BCUT2D eigenvalue weighted by atomic mass is 16.5. The minimum atomic E-state index is -0.00528. The normalized spacial score (nSPS) is 13.0. The molecule has 0 radical (unpaired) electrons. The molecule has 0 spiro atoms. The summed E-state index contributed by atoms with van der Waals surface area (Å²) in [5, 5.41) is 4.50. The molecule has 4 heteroatoms. The summed E-state index contributed by atoms with van der Waals surface area (Å²) in [6.45, 7) is 8.58. The molecule has 0 atom stereocenters. The lowest BCUT2D eigenvalue weighted by molar-refractivity contribution is 0.473. The maximum absolute atomic E-state index is 6.15. The van der Waals surface area contributed by atoms with Gasteiger partial charge in [-0.15, -0.1) is 0 Å². The van der Waals surface area contributed by atoms with Crippen molar-refractivity contribution < 1.29 is 4.74 Å². The summed E-state index contributed by atoms with van der Waals surface area (Å²) in [6, 6.07) is 12.1. The number of rotatable bonds is 1. The van der Waals surface area contributed by atoms with Crippen LogP contribution in [0.2, 0.25) is 0 Å². The van der Waals surface area contributed by atoms with E-state index in [4.69, 9.17) is 14.7 Å². The first-order chi connectivity index (χ1) is 11.5. The average molecular weight is 319 g/mol. The second-order valence-corrected chi connectivity index (χ2v) is 7.16. The number of fused-ring (bicyclic) bond motifs is 4. The molecule has 4 nitrogen and oxygen atoms in total. The molecule has 3 aromatic rings. The zero-order valence-corrected chi connectivity index (χ0v) is 14.5. The maximum Gasteiger partial charge on any atom is 0.173 e. The lowest BCUT2D eigenvalue weighted by Gasteiger charge is -2.25. The van der Waals surface area contributed by atoms with E-state index in [0.29, 0.717) is 0 Å². The molecule has 4 rings (SSSR count). The Bertz CT molecular complexity index is 942. The minimum absolute atomic E-state index is 0.00528. The standard InChI is InChI=1S/C20H21N3O/c1-5-13-18-17(21-14-8-6-7-9-15(14)24-18)12-10-11-16(20(2,3)4)23-19(12)22-13/h6-11,21H,5H2,1-4H3. The van der Waals surface area contributed by atoms with Gasteiger partial charge in [-0.1, -0.05) is 39.8 Å². The van der Waals surface area contributed by atoms with E-state index in [0.717, 1.165) is 51.7 Å². The van der Waals surface area contributed by atoms with Crippen LogP contribution in [0.1, 0.15) is 39.1 Å². The van der Waals surface area contributed by atoms with Gasteiger partial charge in [0, 0.05) is 16.5 Å². The van der Waals surface area contributed by atoms with Crippen molar-refractivity contribution in [2.45, 2.75) is 39.5 Å². The zero-order valence-electron chi connectivity index (χ0n) is 14.5. The third-order valence-electron chi connectivity index (χ3n) is 4.34. The van der Waals surface area contributed by atoms with Crippen molar-refractivity contribution in [3.05, 3.63) is 47.8 Å². The summed E-state index contributed by atoms with van der Waals surface area (Å²) in [4.78, 5) is 9.59. The van der Waals surface area contributed by atoms with Gasteiger partial charge in [0.05, 0.1) is 17.1 Å². The van der Waals surface area contributed by atoms with Gasteiger partial charge in [-0.2, -0.15) is 0 Å². The first kappa shape index (κ1) is 14.9. The second kappa shape index (κ2) is 5.20. The number of anilines is 2. The third kappa shape index (κ3) is 2.30. The van der Waals surface area contributed by atoms with Gasteiger partial charge in [0.25, 0.3) is 0 Å². The Kier molecular flexibility index (Phi) is 3.23. The molecule has 0 unspecified atom stereocenters. The Labute approximate surface area is 141 Å². The Morgan fingerprint density at radius 1 is 1.04 bits per heavy atom. The van der Waals surface area contributed by atoms with Crippen molar-refractivity contribution in [3.8, 4) is 11.5 Å². The summed E-state index contributed by atoms with van der Waals surface area (Å²) in [7, 11) is 0. The molecule has 2 aromatic heterocycles. The van der Waals surface area contributed by atoms with Crippen LogP contribution in [0.15, 0.2) is 36.4 Å². The van der Waals surface area contributed by atoms with Crippen LogP contribution in [-0.4, -0.2) is 9.97 Å². The van der Waals surface area contributed by atoms with E-state index in [9.17, 15) is 0 Å². The maximum atomic E-state index is 6.15. The summed E-state index contributed by atoms with van der Waals surface area (Å²) >= 11 is 0. The molecular weight excluding hydrogens is 298 g/mol. The third-order valence-corrected chi connectivity index (χ3v) is 4.34. The molecule has 0 saturated carbocycles. The Hall–Kier alpha value is -2.62. The van der Waals surface area contributed by atoms with Crippen molar-refractivity contribution in [1.82, 2.24) is 9.97 Å². The first-order valence-corrected chi connectivity index (χ1v) is 8.35. The summed E-state index contributed by atoms with van der Waals surface area (Å²) in [5.74, 6) is 1.65. The topological polar surface area (TPSA) is 47.0 Å². The summed E-state index contributed by atoms with van der Waals surface area (Å²) in [6.07, 6.45) is 0.795. The predicted octanol–water partition coefficient (Wildman–Crippen LogP) is 5.34. The highest BCUT2D eigenvalue weighted by molar-refractivity contribution is 5.97. The van der Waals surface area contributed by atoms with Crippen molar-refractivity contribution in [2.24, 2.45) is 0 Å². The van der Waals surface area contributed by atoms with Gasteiger partial charge in [0.1, 0.15) is 0 Å². The van der Waals surface area contributed by atoms with Crippen LogP contribution in [0.3, 0.4) is 0 Å². The molecule has 0 fully saturated rings. The van der Waals surface area contributed by atoms with E-state index in [1.165, 1.54) is 0 Å². The van der Waals surface area contributed by atoms with Gasteiger partial charge in [-0.25, -0.2) is 9.97 Å². The largest absolute Gasteiger partial charge is 0.451 e. The van der Waals surface area contributed by atoms with Crippen LogP contribution < -0.4 is 10.1 Å². The van der Waals surface area contributed by atoms with Crippen LogP contribution in [0.4, 0.5) is 11.4 Å². The van der Waals surface area contributed by atoms with Gasteiger partial charge >= 0.3 is 0 Å². The van der Waals surface area contributed by atoms with Crippen LogP contribution in [0.5, 0.6) is 11.5 Å². The van der Waals surface area contributed by atoms with Gasteiger partial charge in [0.15, 0.2) is 17.1 Å². The van der Waals surface area contributed by atoms with Gasteiger partial charge < -0.3 is 10.1 Å². The van der Waals surface area contributed by atoms with E-state index in [1.54, 1.807) is 0 Å². The van der Waals surface area contributed by atoms with E-state index in [2.05, 4.69) is 45.1 Å².